The highest BCUT2D eigenvalue weighted by atomic mass is 35.5. The molecule has 1 aromatic carbocycles. The van der Waals surface area contributed by atoms with Gasteiger partial charge in [0.15, 0.2) is 0 Å². The van der Waals surface area contributed by atoms with Crippen molar-refractivity contribution in [2.24, 2.45) is 0 Å². The van der Waals surface area contributed by atoms with Gasteiger partial charge in [-0.3, -0.25) is 4.79 Å². The Labute approximate surface area is 127 Å². The zero-order valence-corrected chi connectivity index (χ0v) is 12.5. The number of rotatable bonds is 3. The fraction of sp³-hybridized carbons (Fsp3) is 0.462. The van der Waals surface area contributed by atoms with Gasteiger partial charge in [-0.15, -0.1) is 11.6 Å². The van der Waals surface area contributed by atoms with Crippen LogP contribution in [0.1, 0.15) is 23.2 Å². The number of benzene rings is 1. The fourth-order valence-corrected chi connectivity index (χ4v) is 2.64. The number of hydrogen-bond acceptors (Lipinski definition) is 2. The van der Waals surface area contributed by atoms with Gasteiger partial charge in [-0.2, -0.15) is 0 Å². The SMILES string of the molecule is O=C(NC1(CCl)CCOCC1)c1ccc(Cl)c(Cl)c1. The molecule has 104 valence electrons. The Balaban J connectivity index is 2.12. The summed E-state index contributed by atoms with van der Waals surface area (Å²) in [5.41, 5.74) is 0.0774. The average molecular weight is 323 g/mol. The second kappa shape index (κ2) is 6.31. The lowest BCUT2D eigenvalue weighted by atomic mass is 9.92. The van der Waals surface area contributed by atoms with Gasteiger partial charge < -0.3 is 10.1 Å². The summed E-state index contributed by atoms with van der Waals surface area (Å²) in [4.78, 5) is 12.2. The summed E-state index contributed by atoms with van der Waals surface area (Å²) < 4.78 is 5.30. The quantitative estimate of drug-likeness (QED) is 0.865. The second-order valence-corrected chi connectivity index (χ2v) is 5.69. The van der Waals surface area contributed by atoms with Crippen LogP contribution in [0.4, 0.5) is 0 Å². The molecule has 0 unspecified atom stereocenters. The standard InChI is InChI=1S/C13H14Cl3NO2/c14-8-13(3-5-19-6-4-13)17-12(18)9-1-2-10(15)11(16)7-9/h1-2,7H,3-6,8H2,(H,17,18). The molecule has 0 bridgehead atoms. The lowest BCUT2D eigenvalue weighted by Crippen LogP contribution is -2.53. The van der Waals surface area contributed by atoms with E-state index in [1.807, 2.05) is 0 Å². The number of alkyl halides is 1. The van der Waals surface area contributed by atoms with E-state index in [1.165, 1.54) is 0 Å². The predicted octanol–water partition coefficient (Wildman–Crippen LogP) is 3.51. The molecular weight excluding hydrogens is 309 g/mol. The number of halogens is 3. The molecule has 0 saturated carbocycles. The van der Waals surface area contributed by atoms with Crippen molar-refractivity contribution in [2.75, 3.05) is 19.1 Å². The molecule has 19 heavy (non-hydrogen) atoms. The molecule has 1 N–H and O–H groups in total. The molecule has 0 spiro atoms. The Morgan fingerprint density at radius 3 is 2.53 bits per heavy atom. The third-order valence-corrected chi connectivity index (χ3v) is 4.52. The minimum Gasteiger partial charge on any atom is -0.381 e. The molecule has 0 aliphatic carbocycles. The van der Waals surface area contributed by atoms with E-state index >= 15 is 0 Å². The first-order valence-electron chi connectivity index (χ1n) is 5.98. The minimum atomic E-state index is -0.400. The largest absolute Gasteiger partial charge is 0.381 e. The highest BCUT2D eigenvalue weighted by molar-refractivity contribution is 6.42. The van der Waals surface area contributed by atoms with E-state index < -0.39 is 5.54 Å². The number of hydrogen-bond donors (Lipinski definition) is 1. The molecule has 1 fully saturated rings. The highest BCUT2D eigenvalue weighted by Gasteiger charge is 2.33. The summed E-state index contributed by atoms with van der Waals surface area (Å²) in [5.74, 6) is 0.171. The number of carbonyl (C=O) groups is 1. The molecule has 6 heteroatoms. The molecule has 1 amide bonds. The maximum Gasteiger partial charge on any atom is 0.251 e. The van der Waals surface area contributed by atoms with Crippen LogP contribution in [-0.2, 0) is 4.74 Å². The van der Waals surface area contributed by atoms with E-state index in [0.29, 0.717) is 47.5 Å². The van der Waals surface area contributed by atoms with E-state index in [4.69, 9.17) is 39.5 Å². The van der Waals surface area contributed by atoms with E-state index in [9.17, 15) is 4.79 Å². The van der Waals surface area contributed by atoms with Crippen molar-refractivity contribution in [1.82, 2.24) is 5.32 Å². The van der Waals surface area contributed by atoms with E-state index in [0.717, 1.165) is 0 Å². The van der Waals surface area contributed by atoms with Gasteiger partial charge in [0, 0.05) is 24.7 Å². The molecule has 1 aliphatic rings. The number of nitrogens with one attached hydrogen (secondary N) is 1. The Hall–Kier alpha value is -0.480. The van der Waals surface area contributed by atoms with Gasteiger partial charge in [0.1, 0.15) is 0 Å². The summed E-state index contributed by atoms with van der Waals surface area (Å²) in [7, 11) is 0. The smallest absolute Gasteiger partial charge is 0.251 e. The third-order valence-electron chi connectivity index (χ3n) is 3.27. The van der Waals surface area contributed by atoms with Crippen LogP contribution in [-0.4, -0.2) is 30.5 Å². The first kappa shape index (κ1) is 14.9. The van der Waals surface area contributed by atoms with Gasteiger partial charge in [-0.1, -0.05) is 23.2 Å². The van der Waals surface area contributed by atoms with Crippen molar-refractivity contribution < 1.29 is 9.53 Å². The predicted molar refractivity (Wildman–Crippen MR) is 77.4 cm³/mol. The third kappa shape index (κ3) is 3.54. The van der Waals surface area contributed by atoms with Crippen LogP contribution in [0.5, 0.6) is 0 Å². The topological polar surface area (TPSA) is 38.3 Å². The van der Waals surface area contributed by atoms with Crippen molar-refractivity contribution in [2.45, 2.75) is 18.4 Å². The molecule has 1 heterocycles. The fourth-order valence-electron chi connectivity index (χ4n) is 2.00. The first-order valence-corrected chi connectivity index (χ1v) is 7.27. The Morgan fingerprint density at radius 2 is 1.95 bits per heavy atom. The zero-order valence-electron chi connectivity index (χ0n) is 10.2. The first-order chi connectivity index (χ1) is 9.06. The summed E-state index contributed by atoms with van der Waals surface area (Å²) >= 11 is 17.7. The zero-order chi connectivity index (χ0) is 13.9. The lowest BCUT2D eigenvalue weighted by Gasteiger charge is -2.36. The maximum absolute atomic E-state index is 12.2. The summed E-state index contributed by atoms with van der Waals surface area (Å²) in [6.45, 7) is 1.21. The van der Waals surface area contributed by atoms with Gasteiger partial charge in [-0.05, 0) is 31.0 Å². The second-order valence-electron chi connectivity index (χ2n) is 4.61. The minimum absolute atomic E-state index is 0.193. The van der Waals surface area contributed by atoms with Gasteiger partial charge in [0.2, 0.25) is 0 Å². The monoisotopic (exact) mass is 321 g/mol. The van der Waals surface area contributed by atoms with Crippen molar-refractivity contribution in [1.29, 1.82) is 0 Å². The molecular formula is C13H14Cl3NO2. The molecule has 2 rings (SSSR count). The van der Waals surface area contributed by atoms with Crippen LogP contribution in [0.3, 0.4) is 0 Å². The van der Waals surface area contributed by atoms with E-state index in [1.54, 1.807) is 18.2 Å². The number of carbonyl (C=O) groups excluding carboxylic acids is 1. The van der Waals surface area contributed by atoms with Crippen LogP contribution < -0.4 is 5.32 Å². The molecule has 1 aliphatic heterocycles. The van der Waals surface area contributed by atoms with Crippen LogP contribution in [0, 0.1) is 0 Å². The maximum atomic E-state index is 12.2. The van der Waals surface area contributed by atoms with Crippen LogP contribution in [0.25, 0.3) is 0 Å². The normalized spacial score (nSPS) is 18.1. The molecule has 3 nitrogen and oxygen atoms in total. The van der Waals surface area contributed by atoms with Crippen molar-refractivity contribution in [3.05, 3.63) is 33.8 Å². The van der Waals surface area contributed by atoms with Crippen molar-refractivity contribution in [3.63, 3.8) is 0 Å². The summed E-state index contributed by atoms with van der Waals surface area (Å²) in [6.07, 6.45) is 1.42. The average Bonchev–Trinajstić information content (AvgIpc) is 2.43. The van der Waals surface area contributed by atoms with Crippen molar-refractivity contribution in [3.8, 4) is 0 Å². The summed E-state index contributed by atoms with van der Waals surface area (Å²) in [5, 5.41) is 3.78. The Morgan fingerprint density at radius 1 is 1.26 bits per heavy atom. The molecule has 1 saturated heterocycles. The highest BCUT2D eigenvalue weighted by Crippen LogP contribution is 2.25. The van der Waals surface area contributed by atoms with Gasteiger partial charge >= 0.3 is 0 Å². The lowest BCUT2D eigenvalue weighted by molar-refractivity contribution is 0.0434. The van der Waals surface area contributed by atoms with E-state index in [2.05, 4.69) is 5.32 Å². The van der Waals surface area contributed by atoms with E-state index in [-0.39, 0.29) is 5.91 Å². The van der Waals surface area contributed by atoms with Crippen molar-refractivity contribution >= 4 is 40.7 Å². The number of ether oxygens (including phenoxy) is 1. The Bertz CT molecular complexity index is 473. The summed E-state index contributed by atoms with van der Waals surface area (Å²) in [6, 6.07) is 4.81. The van der Waals surface area contributed by atoms with Crippen LogP contribution in [0.2, 0.25) is 10.0 Å². The van der Waals surface area contributed by atoms with Gasteiger partial charge in [-0.25, -0.2) is 0 Å². The number of amides is 1. The molecule has 0 aromatic heterocycles. The van der Waals surface area contributed by atoms with Gasteiger partial charge in [0.25, 0.3) is 5.91 Å². The van der Waals surface area contributed by atoms with Crippen LogP contribution in [0.15, 0.2) is 18.2 Å². The molecule has 0 atom stereocenters. The molecule has 1 aromatic rings. The molecule has 0 radical (unpaired) electrons. The van der Waals surface area contributed by atoms with Gasteiger partial charge in [0.05, 0.1) is 15.6 Å². The Kier molecular flexibility index (Phi) is 4.96. The van der Waals surface area contributed by atoms with Crippen LogP contribution >= 0.6 is 34.8 Å².